The van der Waals surface area contributed by atoms with Gasteiger partial charge in [0.25, 0.3) is 0 Å². The quantitative estimate of drug-likeness (QED) is 0.487. The first-order valence-electron chi connectivity index (χ1n) is 10.4. The average Bonchev–Trinajstić information content (AvgIpc) is 3.13. The molecule has 1 saturated carbocycles. The van der Waals surface area contributed by atoms with E-state index in [1.165, 1.54) is 10.0 Å². The van der Waals surface area contributed by atoms with Crippen LogP contribution < -0.4 is 0 Å². The molecule has 6 atom stereocenters. The summed E-state index contributed by atoms with van der Waals surface area (Å²) in [5.41, 5.74) is 0. The second-order valence-electron chi connectivity index (χ2n) is 7.90. The average molecular weight is 388 g/mol. The maximum Gasteiger partial charge on any atom is 0.248 e. The molecule has 3 aliphatic carbocycles. The summed E-state index contributed by atoms with van der Waals surface area (Å²) in [5.74, 6) is -3.86. The molecule has 0 spiro atoms. The maximum absolute atomic E-state index is 13.2. The van der Waals surface area contributed by atoms with Crippen molar-refractivity contribution in [2.45, 2.75) is 27.7 Å². The fourth-order valence-corrected chi connectivity index (χ4v) is 5.77. The van der Waals surface area contributed by atoms with Gasteiger partial charge in [-0.25, -0.2) is 20.0 Å². The van der Waals surface area contributed by atoms with E-state index < -0.39 is 35.5 Å². The summed E-state index contributed by atoms with van der Waals surface area (Å²) in [4.78, 5) is 52.9. The van der Waals surface area contributed by atoms with Crippen LogP contribution >= 0.6 is 0 Å². The van der Waals surface area contributed by atoms with Gasteiger partial charge in [0.1, 0.15) is 0 Å². The van der Waals surface area contributed by atoms with Crippen LogP contribution in [-0.2, 0) is 19.2 Å². The van der Waals surface area contributed by atoms with Crippen molar-refractivity contribution < 1.29 is 19.2 Å². The second-order valence-corrected chi connectivity index (χ2v) is 7.90. The second kappa shape index (κ2) is 6.77. The van der Waals surface area contributed by atoms with Gasteiger partial charge in [-0.15, -0.1) is 0 Å². The van der Waals surface area contributed by atoms with E-state index >= 15 is 0 Å². The Morgan fingerprint density at radius 2 is 0.857 bits per heavy atom. The van der Waals surface area contributed by atoms with Crippen molar-refractivity contribution in [3.63, 3.8) is 0 Å². The van der Waals surface area contributed by atoms with Crippen LogP contribution in [0.5, 0.6) is 0 Å². The highest BCUT2D eigenvalue weighted by Gasteiger charge is 2.69. The summed E-state index contributed by atoms with van der Waals surface area (Å²) in [6.07, 6.45) is 3.81. The van der Waals surface area contributed by atoms with E-state index in [1.807, 2.05) is 39.8 Å². The van der Waals surface area contributed by atoms with E-state index in [1.54, 1.807) is 10.0 Å². The lowest BCUT2D eigenvalue weighted by atomic mass is 9.54. The molecule has 2 bridgehead atoms. The number of imide groups is 2. The topological polar surface area (TPSA) is 81.2 Å². The number of hydrazine groups is 2. The molecule has 0 aromatic heterocycles. The van der Waals surface area contributed by atoms with Crippen LogP contribution in [-0.4, -0.2) is 69.8 Å². The van der Waals surface area contributed by atoms with Gasteiger partial charge >= 0.3 is 0 Å². The lowest BCUT2D eigenvalue weighted by Gasteiger charge is -2.44. The number of hydrogen-bond acceptors (Lipinski definition) is 6. The van der Waals surface area contributed by atoms with Crippen LogP contribution in [0, 0.1) is 35.5 Å². The van der Waals surface area contributed by atoms with Gasteiger partial charge in [0.05, 0.1) is 23.7 Å². The number of allylic oxidation sites excluding steroid dienone is 2. The van der Waals surface area contributed by atoms with Crippen molar-refractivity contribution in [2.75, 3.05) is 26.2 Å². The molecular weight excluding hydrogens is 360 g/mol. The van der Waals surface area contributed by atoms with Gasteiger partial charge < -0.3 is 0 Å². The molecule has 8 heteroatoms. The summed E-state index contributed by atoms with van der Waals surface area (Å²) in [6.45, 7) is 9.83. The number of carbonyl (C=O) groups is 4. The fraction of sp³-hybridized carbons (Fsp3) is 0.700. The fourth-order valence-electron chi connectivity index (χ4n) is 5.77. The Bertz CT molecular complexity index is 651. The Hall–Kier alpha value is -2.06. The summed E-state index contributed by atoms with van der Waals surface area (Å²) >= 11 is 0. The van der Waals surface area contributed by atoms with Crippen LogP contribution in [0.4, 0.5) is 0 Å². The van der Waals surface area contributed by atoms with Crippen LogP contribution in [0.1, 0.15) is 27.7 Å². The SMILES string of the molecule is CCN(CC)N1C(=O)[C@@H]2C3C=CC([C@H]2C1=O)[C@@H]1C(=O)N(N(CC)CC)C(=O)[C@H]31. The van der Waals surface area contributed by atoms with E-state index in [2.05, 4.69) is 0 Å². The summed E-state index contributed by atoms with van der Waals surface area (Å²) in [7, 11) is 0. The molecule has 4 amide bonds. The molecule has 0 N–H and O–H groups in total. The van der Waals surface area contributed by atoms with Crippen molar-refractivity contribution in [1.82, 2.24) is 20.0 Å². The first kappa shape index (κ1) is 19.3. The molecule has 2 heterocycles. The molecular formula is C20H28N4O4. The summed E-state index contributed by atoms with van der Waals surface area (Å²) < 4.78 is 0. The zero-order valence-electron chi connectivity index (χ0n) is 16.9. The third kappa shape index (κ3) is 2.24. The van der Waals surface area contributed by atoms with Gasteiger partial charge in [-0.3, -0.25) is 19.2 Å². The lowest BCUT2D eigenvalue weighted by molar-refractivity contribution is -0.158. The number of amides is 4. The molecule has 5 rings (SSSR count). The molecule has 152 valence electrons. The third-order valence-electron chi connectivity index (χ3n) is 6.99. The molecule has 8 nitrogen and oxygen atoms in total. The van der Waals surface area contributed by atoms with Crippen molar-refractivity contribution in [2.24, 2.45) is 35.5 Å². The zero-order valence-corrected chi connectivity index (χ0v) is 16.9. The maximum atomic E-state index is 13.2. The first-order valence-corrected chi connectivity index (χ1v) is 10.4. The Kier molecular flexibility index (Phi) is 4.66. The zero-order chi connectivity index (χ0) is 20.3. The predicted molar refractivity (Wildman–Crippen MR) is 99.6 cm³/mol. The van der Waals surface area contributed by atoms with Crippen LogP contribution in [0.25, 0.3) is 0 Å². The predicted octanol–water partition coefficient (Wildman–Crippen LogP) is 0.518. The normalized spacial score (nSPS) is 36.4. The van der Waals surface area contributed by atoms with Crippen molar-refractivity contribution in [1.29, 1.82) is 0 Å². The Morgan fingerprint density at radius 3 is 1.07 bits per heavy atom. The smallest absolute Gasteiger partial charge is 0.248 e. The highest BCUT2D eigenvalue weighted by Crippen LogP contribution is 2.58. The first-order chi connectivity index (χ1) is 13.4. The minimum absolute atomic E-state index is 0.224. The highest BCUT2D eigenvalue weighted by molar-refractivity contribution is 6.10. The number of hydrogen-bond donors (Lipinski definition) is 0. The van der Waals surface area contributed by atoms with E-state index in [4.69, 9.17) is 0 Å². The van der Waals surface area contributed by atoms with Gasteiger partial charge in [-0.05, 0) is 0 Å². The number of nitrogens with zero attached hydrogens (tertiary/aromatic N) is 4. The molecule has 0 radical (unpaired) electrons. The van der Waals surface area contributed by atoms with Gasteiger partial charge in [0.15, 0.2) is 0 Å². The lowest BCUT2D eigenvalue weighted by Crippen LogP contribution is -2.50. The van der Waals surface area contributed by atoms with Crippen LogP contribution in [0.15, 0.2) is 12.2 Å². The molecule has 2 aliphatic heterocycles. The van der Waals surface area contributed by atoms with Crippen molar-refractivity contribution in [3.05, 3.63) is 12.2 Å². The van der Waals surface area contributed by atoms with Crippen LogP contribution in [0.2, 0.25) is 0 Å². The number of carbonyl (C=O) groups excluding carboxylic acids is 4. The molecule has 28 heavy (non-hydrogen) atoms. The van der Waals surface area contributed by atoms with Gasteiger partial charge in [-0.1, -0.05) is 39.8 Å². The third-order valence-corrected chi connectivity index (χ3v) is 6.99. The largest absolute Gasteiger partial charge is 0.273 e. The highest BCUT2D eigenvalue weighted by atomic mass is 16.2. The molecule has 3 fully saturated rings. The molecule has 2 saturated heterocycles. The van der Waals surface area contributed by atoms with Gasteiger partial charge in [0.2, 0.25) is 23.6 Å². The minimum atomic E-state index is -0.544. The summed E-state index contributed by atoms with van der Waals surface area (Å²) in [6, 6.07) is 0. The van der Waals surface area contributed by atoms with E-state index in [-0.39, 0.29) is 23.6 Å². The molecule has 0 aromatic rings. The van der Waals surface area contributed by atoms with E-state index in [0.717, 1.165) is 0 Å². The van der Waals surface area contributed by atoms with Crippen LogP contribution in [0.3, 0.4) is 0 Å². The molecule has 0 aromatic carbocycles. The standard InChI is InChI=1S/C20H28N4O4/c1-5-21(6-2)23-17(25)13-11-9-10-12(14(13)18(23)26)16-15(11)19(27)24(20(16)28)22(7-3)8-4/h9-16H,5-8H2,1-4H3/t11?,12?,13-,14-,15-,16+/m1/s1. The number of rotatable bonds is 6. The van der Waals surface area contributed by atoms with E-state index in [0.29, 0.717) is 26.2 Å². The molecule has 5 aliphatic rings. The Morgan fingerprint density at radius 1 is 0.607 bits per heavy atom. The monoisotopic (exact) mass is 388 g/mol. The van der Waals surface area contributed by atoms with E-state index in [9.17, 15) is 19.2 Å². The summed E-state index contributed by atoms with van der Waals surface area (Å²) in [5, 5.41) is 6.04. The Balaban J connectivity index is 1.73. The van der Waals surface area contributed by atoms with Crippen molar-refractivity contribution in [3.8, 4) is 0 Å². The minimum Gasteiger partial charge on any atom is -0.273 e. The Labute approximate surface area is 165 Å². The van der Waals surface area contributed by atoms with Gasteiger partial charge in [0, 0.05) is 38.0 Å². The van der Waals surface area contributed by atoms with Gasteiger partial charge in [-0.2, -0.15) is 0 Å². The molecule has 2 unspecified atom stereocenters. The van der Waals surface area contributed by atoms with Crippen molar-refractivity contribution >= 4 is 23.6 Å².